The van der Waals surface area contributed by atoms with E-state index in [2.05, 4.69) is 36.1 Å². The third kappa shape index (κ3) is 4.64. The molecule has 6 nitrogen and oxygen atoms in total. The molecule has 0 bridgehead atoms. The van der Waals surface area contributed by atoms with Gasteiger partial charge in [-0.1, -0.05) is 24.3 Å². The summed E-state index contributed by atoms with van der Waals surface area (Å²) in [5.74, 6) is 0. The number of benzene rings is 1. The molecule has 1 aromatic carbocycles. The number of hydrogen-bond acceptors (Lipinski definition) is 4. The van der Waals surface area contributed by atoms with Crippen LogP contribution in [0.15, 0.2) is 24.3 Å². The van der Waals surface area contributed by atoms with Crippen LogP contribution in [0.2, 0.25) is 0 Å². The largest absolute Gasteiger partial charge is 0.373 e. The lowest BCUT2D eigenvalue weighted by Crippen LogP contribution is -2.53. The number of hydrogen-bond donors (Lipinski definition) is 0. The maximum atomic E-state index is 13.1. The molecule has 7 heteroatoms. The molecule has 0 N–H and O–H groups in total. The van der Waals surface area contributed by atoms with Crippen LogP contribution in [0.1, 0.15) is 31.4 Å². The number of morpholine rings is 1. The van der Waals surface area contributed by atoms with Gasteiger partial charge in [0, 0.05) is 39.3 Å². The fourth-order valence-corrected chi connectivity index (χ4v) is 5.64. The Morgan fingerprint density at radius 3 is 2.38 bits per heavy atom. The van der Waals surface area contributed by atoms with Crippen molar-refractivity contribution in [1.82, 2.24) is 13.5 Å². The zero-order valence-electron chi connectivity index (χ0n) is 16.1. The highest BCUT2D eigenvalue weighted by atomic mass is 32.2. The summed E-state index contributed by atoms with van der Waals surface area (Å²) >= 11 is 0. The number of rotatable bonds is 4. The molecule has 0 spiro atoms. The first-order valence-corrected chi connectivity index (χ1v) is 10.9. The zero-order chi connectivity index (χ0) is 18.7. The Bertz CT molecular complexity index is 700. The summed E-state index contributed by atoms with van der Waals surface area (Å²) in [6, 6.07) is 8.41. The molecule has 0 aromatic heterocycles. The van der Waals surface area contributed by atoms with E-state index in [4.69, 9.17) is 4.74 Å². The first-order chi connectivity index (χ1) is 12.4. The van der Waals surface area contributed by atoms with Crippen LogP contribution in [0.25, 0.3) is 0 Å². The van der Waals surface area contributed by atoms with E-state index < -0.39 is 10.2 Å². The SMILES string of the molecule is Cc1ccccc1CN1CCCN(S(=O)(=O)N2C[C@@H](C)O[C@H](C)C2)CC1. The van der Waals surface area contributed by atoms with E-state index >= 15 is 0 Å². The molecule has 3 rings (SSSR count). The second-order valence-electron chi connectivity index (χ2n) is 7.54. The van der Waals surface area contributed by atoms with Gasteiger partial charge in [0.1, 0.15) is 0 Å². The summed E-state index contributed by atoms with van der Waals surface area (Å²) in [4.78, 5) is 2.36. The van der Waals surface area contributed by atoms with Crippen molar-refractivity contribution >= 4 is 10.2 Å². The molecular formula is C19H31N3O3S. The summed E-state index contributed by atoms with van der Waals surface area (Å²) in [5.41, 5.74) is 2.61. The number of ether oxygens (including phenoxy) is 1. The van der Waals surface area contributed by atoms with Crippen LogP contribution in [0.5, 0.6) is 0 Å². The minimum Gasteiger partial charge on any atom is -0.373 e. The van der Waals surface area contributed by atoms with Crippen LogP contribution in [-0.4, -0.2) is 73.4 Å². The monoisotopic (exact) mass is 381 g/mol. The lowest BCUT2D eigenvalue weighted by Gasteiger charge is -2.37. The van der Waals surface area contributed by atoms with Crippen molar-refractivity contribution in [3.05, 3.63) is 35.4 Å². The Morgan fingerprint density at radius 2 is 1.69 bits per heavy atom. The predicted octanol–water partition coefficient (Wildman–Crippen LogP) is 1.86. The standard InChI is InChI=1S/C19H31N3O3S/c1-16-7-4-5-8-19(16)15-20-9-6-10-21(12-11-20)26(23,24)22-13-17(2)25-18(3)14-22/h4-5,7-8,17-18H,6,9-15H2,1-3H3/t17-,18-/m1/s1. The first-order valence-electron chi connectivity index (χ1n) is 9.54. The van der Waals surface area contributed by atoms with Crippen LogP contribution < -0.4 is 0 Å². The van der Waals surface area contributed by atoms with Crippen LogP contribution in [0.3, 0.4) is 0 Å². The van der Waals surface area contributed by atoms with Gasteiger partial charge in [0.25, 0.3) is 10.2 Å². The molecule has 0 amide bonds. The average Bonchev–Trinajstić information content (AvgIpc) is 2.82. The van der Waals surface area contributed by atoms with Crippen molar-refractivity contribution < 1.29 is 13.2 Å². The Morgan fingerprint density at radius 1 is 1.00 bits per heavy atom. The zero-order valence-corrected chi connectivity index (χ0v) is 16.9. The van der Waals surface area contributed by atoms with Crippen molar-refractivity contribution in [3.63, 3.8) is 0 Å². The van der Waals surface area contributed by atoms with E-state index in [-0.39, 0.29) is 12.2 Å². The fourth-order valence-electron chi connectivity index (χ4n) is 3.85. The van der Waals surface area contributed by atoms with E-state index in [1.807, 2.05) is 13.8 Å². The van der Waals surface area contributed by atoms with Gasteiger partial charge in [-0.3, -0.25) is 4.90 Å². The van der Waals surface area contributed by atoms with Crippen LogP contribution in [0.4, 0.5) is 0 Å². The van der Waals surface area contributed by atoms with Gasteiger partial charge < -0.3 is 4.74 Å². The molecule has 2 aliphatic rings. The molecule has 2 fully saturated rings. The van der Waals surface area contributed by atoms with Gasteiger partial charge in [-0.2, -0.15) is 17.0 Å². The van der Waals surface area contributed by atoms with E-state index in [9.17, 15) is 8.42 Å². The third-order valence-corrected chi connectivity index (χ3v) is 7.21. The molecule has 0 saturated carbocycles. The molecule has 2 aliphatic heterocycles. The van der Waals surface area contributed by atoms with Crippen LogP contribution in [-0.2, 0) is 21.5 Å². The second-order valence-corrected chi connectivity index (χ2v) is 9.47. The molecule has 26 heavy (non-hydrogen) atoms. The molecule has 2 atom stereocenters. The Labute approximate surface area is 157 Å². The minimum atomic E-state index is -3.42. The molecule has 146 valence electrons. The van der Waals surface area contributed by atoms with Gasteiger partial charge in [-0.05, 0) is 44.9 Å². The van der Waals surface area contributed by atoms with Crippen molar-refractivity contribution in [2.75, 3.05) is 39.3 Å². The Balaban J connectivity index is 1.63. The average molecular weight is 382 g/mol. The number of nitrogens with zero attached hydrogens (tertiary/aromatic N) is 3. The van der Waals surface area contributed by atoms with Crippen LogP contribution in [0, 0.1) is 6.92 Å². The Kier molecular flexibility index (Phi) is 6.35. The first kappa shape index (κ1) is 19.8. The third-order valence-electron chi connectivity index (χ3n) is 5.24. The smallest absolute Gasteiger partial charge is 0.282 e. The highest BCUT2D eigenvalue weighted by Gasteiger charge is 2.35. The highest BCUT2D eigenvalue weighted by Crippen LogP contribution is 2.20. The summed E-state index contributed by atoms with van der Waals surface area (Å²) in [5, 5.41) is 0. The minimum absolute atomic E-state index is 0.0574. The maximum Gasteiger partial charge on any atom is 0.282 e. The molecule has 2 heterocycles. The van der Waals surface area contributed by atoms with Gasteiger partial charge in [0.05, 0.1) is 12.2 Å². The highest BCUT2D eigenvalue weighted by molar-refractivity contribution is 7.86. The molecule has 2 saturated heterocycles. The lowest BCUT2D eigenvalue weighted by molar-refractivity contribution is -0.0454. The molecule has 0 unspecified atom stereocenters. The topological polar surface area (TPSA) is 53.1 Å². The molecule has 1 aromatic rings. The van der Waals surface area contributed by atoms with E-state index in [0.717, 1.165) is 26.1 Å². The van der Waals surface area contributed by atoms with E-state index in [1.54, 1.807) is 8.61 Å². The quantitative estimate of drug-likeness (QED) is 0.799. The van der Waals surface area contributed by atoms with Crippen molar-refractivity contribution in [2.24, 2.45) is 0 Å². The molecule has 0 radical (unpaired) electrons. The summed E-state index contributed by atoms with van der Waals surface area (Å²) in [6.07, 6.45) is 0.747. The van der Waals surface area contributed by atoms with Crippen LogP contribution >= 0.6 is 0 Å². The summed E-state index contributed by atoms with van der Waals surface area (Å²) in [6.45, 7) is 10.6. The normalized spacial score (nSPS) is 27.3. The molecular weight excluding hydrogens is 350 g/mol. The van der Waals surface area contributed by atoms with Crippen molar-refractivity contribution in [1.29, 1.82) is 0 Å². The van der Waals surface area contributed by atoms with Crippen molar-refractivity contribution in [2.45, 2.75) is 45.9 Å². The van der Waals surface area contributed by atoms with E-state index in [1.165, 1.54) is 11.1 Å². The number of aryl methyl sites for hydroxylation is 1. The van der Waals surface area contributed by atoms with Gasteiger partial charge in [0.2, 0.25) is 0 Å². The van der Waals surface area contributed by atoms with Crippen molar-refractivity contribution in [3.8, 4) is 0 Å². The summed E-state index contributed by atoms with van der Waals surface area (Å²) in [7, 11) is -3.42. The molecule has 0 aliphatic carbocycles. The lowest BCUT2D eigenvalue weighted by atomic mass is 10.1. The fraction of sp³-hybridized carbons (Fsp3) is 0.684. The van der Waals surface area contributed by atoms with Gasteiger partial charge in [-0.25, -0.2) is 0 Å². The van der Waals surface area contributed by atoms with Gasteiger partial charge in [-0.15, -0.1) is 0 Å². The summed E-state index contributed by atoms with van der Waals surface area (Å²) < 4.78 is 35.1. The maximum absolute atomic E-state index is 13.1. The predicted molar refractivity (Wildman–Crippen MR) is 103 cm³/mol. The van der Waals surface area contributed by atoms with E-state index in [0.29, 0.717) is 26.2 Å². The van der Waals surface area contributed by atoms with Gasteiger partial charge >= 0.3 is 0 Å². The Hall–Kier alpha value is -0.990. The second kappa shape index (κ2) is 8.35. The van der Waals surface area contributed by atoms with Gasteiger partial charge in [0.15, 0.2) is 0 Å².